The van der Waals surface area contributed by atoms with Crippen LogP contribution in [0.2, 0.25) is 0 Å². The second kappa shape index (κ2) is 10.0. The maximum atomic E-state index is 13.6. The number of nitrogens with zero attached hydrogens (tertiary/aromatic N) is 2. The number of aliphatic imine (C=N–C) groups is 1. The Morgan fingerprint density at radius 1 is 1.18 bits per heavy atom. The van der Waals surface area contributed by atoms with E-state index in [1.807, 2.05) is 6.07 Å². The molecule has 0 aromatic heterocycles. The third-order valence-electron chi connectivity index (χ3n) is 4.93. The van der Waals surface area contributed by atoms with E-state index in [2.05, 4.69) is 11.6 Å². The van der Waals surface area contributed by atoms with Crippen molar-refractivity contribution in [1.82, 2.24) is 4.90 Å². The fourth-order valence-electron chi connectivity index (χ4n) is 3.23. The van der Waals surface area contributed by atoms with Crippen LogP contribution in [0.25, 0.3) is 0 Å². The van der Waals surface area contributed by atoms with Gasteiger partial charge in [-0.25, -0.2) is 14.4 Å². The van der Waals surface area contributed by atoms with Crippen molar-refractivity contribution in [2.45, 2.75) is 12.7 Å². The minimum Gasteiger partial charge on any atom is -0.459 e. The van der Waals surface area contributed by atoms with Gasteiger partial charge in [0.1, 0.15) is 30.1 Å². The summed E-state index contributed by atoms with van der Waals surface area (Å²) in [7, 11) is -3.76. The van der Waals surface area contributed by atoms with Crippen LogP contribution < -0.4 is 10.3 Å². The van der Waals surface area contributed by atoms with E-state index < -0.39 is 19.7 Å². The van der Waals surface area contributed by atoms with Crippen LogP contribution in [0.4, 0.5) is 0 Å². The average Bonchev–Trinajstić information content (AvgIpc) is 2.83. The number of nitrogens with two attached hydrogens (primary N) is 1. The highest BCUT2D eigenvalue weighted by molar-refractivity contribution is 7.54. The predicted octanol–water partition coefficient (Wildman–Crippen LogP) is 3.65. The van der Waals surface area contributed by atoms with Crippen molar-refractivity contribution in [3.8, 4) is 5.75 Å². The third kappa shape index (κ3) is 5.90. The van der Waals surface area contributed by atoms with Crippen LogP contribution in [-0.2, 0) is 25.2 Å². The molecule has 0 saturated carbocycles. The lowest BCUT2D eigenvalue weighted by molar-refractivity contribution is -0.00438. The van der Waals surface area contributed by atoms with Gasteiger partial charge in [-0.05, 0) is 29.8 Å². The minimum absolute atomic E-state index is 0.0880. The van der Waals surface area contributed by atoms with Gasteiger partial charge >= 0.3 is 13.6 Å². The van der Waals surface area contributed by atoms with Gasteiger partial charge in [0, 0.05) is 6.20 Å². The van der Waals surface area contributed by atoms with E-state index in [-0.39, 0.29) is 26.1 Å². The van der Waals surface area contributed by atoms with Crippen LogP contribution in [-0.4, -0.2) is 42.3 Å². The van der Waals surface area contributed by atoms with Crippen LogP contribution >= 0.6 is 7.60 Å². The maximum absolute atomic E-state index is 13.6. The van der Waals surface area contributed by atoms with Crippen LogP contribution in [0.15, 0.2) is 84.3 Å². The summed E-state index contributed by atoms with van der Waals surface area (Å²) in [5, 5.41) is 0. The van der Waals surface area contributed by atoms with E-state index in [9.17, 15) is 9.36 Å². The fraction of sp³-hybridized carbons (Fsp3) is 0.217. The Morgan fingerprint density at radius 3 is 2.73 bits per heavy atom. The van der Waals surface area contributed by atoms with Gasteiger partial charge in [0.05, 0.1) is 18.7 Å². The van der Waals surface area contributed by atoms with Crippen molar-refractivity contribution < 1.29 is 27.9 Å². The SMILES string of the molecule is C=C1N=C(N)C=CN1C[C@H]1COC(=O)c2ccccc2COP(=O)(Oc2ccccc2)CO1. The molecule has 0 amide bonds. The van der Waals surface area contributed by atoms with Crippen LogP contribution in [0.1, 0.15) is 15.9 Å². The predicted molar refractivity (Wildman–Crippen MR) is 123 cm³/mol. The van der Waals surface area contributed by atoms with Gasteiger partial charge in [-0.1, -0.05) is 43.0 Å². The summed E-state index contributed by atoms with van der Waals surface area (Å²) in [5.41, 5.74) is 6.56. The molecule has 0 bridgehead atoms. The number of carbonyl (C=O) groups excluding carboxylic acids is 1. The third-order valence-corrected chi connectivity index (χ3v) is 6.40. The summed E-state index contributed by atoms with van der Waals surface area (Å²) >= 11 is 0. The number of rotatable bonds is 4. The van der Waals surface area contributed by atoms with E-state index in [4.69, 9.17) is 24.3 Å². The zero-order valence-electron chi connectivity index (χ0n) is 17.8. The molecule has 1 unspecified atom stereocenters. The van der Waals surface area contributed by atoms with Gasteiger partial charge in [-0.15, -0.1) is 0 Å². The summed E-state index contributed by atoms with van der Waals surface area (Å²) in [5.74, 6) is 0.591. The number of fused-ring (bicyclic) bond motifs is 1. The quantitative estimate of drug-likeness (QED) is 0.534. The number of cyclic esters (lactones) is 1. The van der Waals surface area contributed by atoms with E-state index >= 15 is 0 Å². The molecule has 0 radical (unpaired) electrons. The molecule has 0 aliphatic carbocycles. The van der Waals surface area contributed by atoms with Crippen molar-refractivity contribution >= 4 is 19.4 Å². The maximum Gasteiger partial charge on any atom is 0.405 e. The van der Waals surface area contributed by atoms with Crippen molar-refractivity contribution in [1.29, 1.82) is 0 Å². The average molecular weight is 469 g/mol. The molecule has 33 heavy (non-hydrogen) atoms. The first kappa shape index (κ1) is 22.8. The summed E-state index contributed by atoms with van der Waals surface area (Å²) in [6, 6.07) is 15.5. The number of esters is 1. The largest absolute Gasteiger partial charge is 0.459 e. The molecule has 2 N–H and O–H groups in total. The minimum atomic E-state index is -3.76. The molecule has 172 valence electrons. The van der Waals surface area contributed by atoms with Gasteiger partial charge in [0.2, 0.25) is 0 Å². The van der Waals surface area contributed by atoms with Crippen LogP contribution in [0.5, 0.6) is 5.75 Å². The highest BCUT2D eigenvalue weighted by atomic mass is 31.2. The normalized spacial score (nSPS) is 23.7. The number of ether oxygens (including phenoxy) is 2. The Kier molecular flexibility index (Phi) is 6.93. The first-order chi connectivity index (χ1) is 15.9. The molecule has 2 heterocycles. The monoisotopic (exact) mass is 469 g/mol. The molecule has 2 atom stereocenters. The second-order valence-corrected chi connectivity index (χ2v) is 9.30. The number of para-hydroxylation sites is 1. The van der Waals surface area contributed by atoms with Gasteiger partial charge in [-0.3, -0.25) is 4.52 Å². The number of benzene rings is 2. The highest BCUT2D eigenvalue weighted by Gasteiger charge is 2.32. The Bertz CT molecular complexity index is 1130. The molecule has 10 heteroatoms. The smallest absolute Gasteiger partial charge is 0.405 e. The topological polar surface area (TPSA) is 113 Å². The van der Waals surface area contributed by atoms with Crippen molar-refractivity contribution in [2.75, 3.05) is 19.5 Å². The zero-order chi connectivity index (χ0) is 23.3. The van der Waals surface area contributed by atoms with Gasteiger partial charge in [-0.2, -0.15) is 0 Å². The molecule has 9 nitrogen and oxygen atoms in total. The first-order valence-electron chi connectivity index (χ1n) is 10.2. The number of carbonyl (C=O) groups is 1. The standard InChI is InChI=1S/C23H24N3O6P/c1-17-25-22(24)11-12-26(17)13-20-15-29-23(27)21-10-6-5-7-18(21)14-31-33(28,16-30-20)32-19-8-3-2-4-9-19/h2-12,20H,1,13-16H2,(H2,24,25)/t20-,33?/m0/s1. The van der Waals surface area contributed by atoms with Crippen molar-refractivity contribution in [3.63, 3.8) is 0 Å². The summed E-state index contributed by atoms with van der Waals surface area (Å²) in [6.07, 6.45) is 2.30. The van der Waals surface area contributed by atoms with E-state index in [0.29, 0.717) is 28.5 Å². The van der Waals surface area contributed by atoms with E-state index in [1.54, 1.807) is 65.7 Å². The molecule has 2 aliphatic rings. The second-order valence-electron chi connectivity index (χ2n) is 7.38. The van der Waals surface area contributed by atoms with E-state index in [0.717, 1.165) is 0 Å². The fourth-order valence-corrected chi connectivity index (χ4v) is 4.58. The molecule has 0 saturated heterocycles. The van der Waals surface area contributed by atoms with Crippen molar-refractivity contribution in [3.05, 3.63) is 90.4 Å². The Labute approximate surface area is 191 Å². The highest BCUT2D eigenvalue weighted by Crippen LogP contribution is 2.49. The zero-order valence-corrected chi connectivity index (χ0v) is 18.7. The Hall–Kier alpha value is -3.39. The molecule has 2 aromatic carbocycles. The lowest BCUT2D eigenvalue weighted by atomic mass is 10.1. The van der Waals surface area contributed by atoms with Gasteiger partial charge in [0.25, 0.3) is 0 Å². The first-order valence-corrected chi connectivity index (χ1v) is 12.0. The van der Waals surface area contributed by atoms with E-state index in [1.165, 1.54) is 0 Å². The van der Waals surface area contributed by atoms with Crippen molar-refractivity contribution in [2.24, 2.45) is 10.7 Å². The molecule has 2 aliphatic heterocycles. The summed E-state index contributed by atoms with van der Waals surface area (Å²) in [6.45, 7) is 3.90. The molecular weight excluding hydrogens is 445 g/mol. The van der Waals surface area contributed by atoms with Gasteiger partial charge < -0.3 is 24.6 Å². The molecule has 0 spiro atoms. The Balaban J connectivity index is 1.59. The summed E-state index contributed by atoms with van der Waals surface area (Å²) < 4.78 is 36.5. The molecular formula is C23H24N3O6P. The molecule has 4 rings (SSSR count). The van der Waals surface area contributed by atoms with Gasteiger partial charge in [0.15, 0.2) is 6.35 Å². The number of amidine groups is 1. The molecule has 2 aromatic rings. The lowest BCUT2D eigenvalue weighted by Gasteiger charge is -2.28. The van der Waals surface area contributed by atoms with Crippen LogP contribution in [0, 0.1) is 0 Å². The lowest BCUT2D eigenvalue weighted by Crippen LogP contribution is -2.35. The number of hydrogen-bond donors (Lipinski definition) is 1. The van der Waals surface area contributed by atoms with Crippen LogP contribution in [0.3, 0.4) is 0 Å². The summed E-state index contributed by atoms with van der Waals surface area (Å²) in [4.78, 5) is 18.5. The molecule has 0 fully saturated rings. The number of hydrogen-bond acceptors (Lipinski definition) is 9. The Morgan fingerprint density at radius 2 is 1.94 bits per heavy atom.